The van der Waals surface area contributed by atoms with E-state index in [0.717, 1.165) is 28.3 Å². The van der Waals surface area contributed by atoms with E-state index in [0.29, 0.717) is 11.8 Å². The maximum atomic E-state index is 12.4. The van der Waals surface area contributed by atoms with Crippen molar-refractivity contribution in [2.45, 2.75) is 51.9 Å². The molecule has 0 saturated heterocycles. The normalized spacial score (nSPS) is 36.6. The first-order valence-electron chi connectivity index (χ1n) is 8.49. The number of hydrogen-bond acceptors (Lipinski definition) is 3. The molecule has 4 aliphatic rings. The summed E-state index contributed by atoms with van der Waals surface area (Å²) < 4.78 is 0. The summed E-state index contributed by atoms with van der Waals surface area (Å²) in [4.78, 5) is 13.5. The van der Waals surface area contributed by atoms with Gasteiger partial charge in [0.2, 0.25) is 5.91 Å². The number of hydrogen-bond donors (Lipinski definition) is 1. The van der Waals surface area contributed by atoms with Gasteiger partial charge in [-0.05, 0) is 80.1 Å². The summed E-state index contributed by atoms with van der Waals surface area (Å²) >= 11 is 1.66. The highest BCUT2D eigenvalue weighted by Gasteiger charge is 2.51. The van der Waals surface area contributed by atoms with Crippen LogP contribution in [0, 0.1) is 23.2 Å². The molecule has 1 heterocycles. The number of rotatable bonds is 4. The minimum absolute atomic E-state index is 0.109. The van der Waals surface area contributed by atoms with Crippen LogP contribution in [0.3, 0.4) is 0 Å². The van der Waals surface area contributed by atoms with E-state index in [-0.39, 0.29) is 5.91 Å². The molecule has 3 nitrogen and oxygen atoms in total. The third-order valence-corrected chi connectivity index (χ3v) is 6.91. The Kier molecular flexibility index (Phi) is 3.60. The van der Waals surface area contributed by atoms with Crippen molar-refractivity contribution in [3.63, 3.8) is 0 Å². The fraction of sp³-hybridized carbons (Fsp3) is 0.667. The van der Waals surface area contributed by atoms with Gasteiger partial charge in [-0.1, -0.05) is 6.07 Å². The minimum atomic E-state index is 0.109. The fourth-order valence-corrected chi connectivity index (χ4v) is 6.25. The summed E-state index contributed by atoms with van der Waals surface area (Å²) in [5.41, 5.74) is 4.00. The van der Waals surface area contributed by atoms with Crippen molar-refractivity contribution in [2.75, 3.05) is 0 Å². The Morgan fingerprint density at radius 3 is 2.45 bits per heavy atom. The van der Waals surface area contributed by atoms with Crippen molar-refractivity contribution >= 4 is 23.0 Å². The van der Waals surface area contributed by atoms with Crippen LogP contribution in [0.15, 0.2) is 22.6 Å². The number of thiophene rings is 1. The molecule has 4 saturated carbocycles. The quantitative estimate of drug-likeness (QED) is 0.656. The van der Waals surface area contributed by atoms with E-state index >= 15 is 0 Å². The molecule has 4 fully saturated rings. The van der Waals surface area contributed by atoms with Crippen LogP contribution in [-0.2, 0) is 4.79 Å². The van der Waals surface area contributed by atoms with Gasteiger partial charge in [-0.15, -0.1) is 11.3 Å². The molecule has 5 rings (SSSR count). The summed E-state index contributed by atoms with van der Waals surface area (Å²) in [6, 6.07) is 4.05. The Bertz CT molecular complexity index is 555. The van der Waals surface area contributed by atoms with Crippen LogP contribution in [0.4, 0.5) is 0 Å². The van der Waals surface area contributed by atoms with Crippen molar-refractivity contribution in [2.24, 2.45) is 28.3 Å². The molecule has 0 radical (unpaired) electrons. The predicted octanol–water partition coefficient (Wildman–Crippen LogP) is 4.19. The van der Waals surface area contributed by atoms with Gasteiger partial charge in [-0.3, -0.25) is 4.79 Å². The molecule has 4 aliphatic carbocycles. The highest BCUT2D eigenvalue weighted by atomic mass is 32.1. The van der Waals surface area contributed by atoms with Crippen molar-refractivity contribution in [3.05, 3.63) is 22.4 Å². The Morgan fingerprint density at radius 1 is 1.27 bits per heavy atom. The van der Waals surface area contributed by atoms with Gasteiger partial charge in [0, 0.05) is 11.3 Å². The Labute approximate surface area is 136 Å². The zero-order valence-corrected chi connectivity index (χ0v) is 14.0. The van der Waals surface area contributed by atoms with E-state index < -0.39 is 0 Å². The monoisotopic (exact) mass is 316 g/mol. The fourth-order valence-electron chi connectivity index (χ4n) is 5.57. The van der Waals surface area contributed by atoms with Gasteiger partial charge in [-0.25, -0.2) is 5.43 Å². The first-order valence-corrected chi connectivity index (χ1v) is 9.37. The lowest BCUT2D eigenvalue weighted by molar-refractivity contribution is -0.129. The number of carbonyl (C=O) groups excluding carboxylic acids is 1. The third-order valence-electron chi connectivity index (χ3n) is 5.93. The summed E-state index contributed by atoms with van der Waals surface area (Å²) in [6.45, 7) is 1.96. The summed E-state index contributed by atoms with van der Waals surface area (Å²) in [6.07, 6.45) is 8.79. The molecule has 0 atom stereocenters. The van der Waals surface area contributed by atoms with E-state index in [1.807, 2.05) is 24.4 Å². The Balaban J connectivity index is 1.39. The topological polar surface area (TPSA) is 41.5 Å². The molecular weight excluding hydrogens is 292 g/mol. The smallest absolute Gasteiger partial charge is 0.240 e. The van der Waals surface area contributed by atoms with Gasteiger partial charge < -0.3 is 0 Å². The number of carbonyl (C=O) groups is 1. The minimum Gasteiger partial charge on any atom is -0.273 e. The third kappa shape index (κ3) is 2.73. The average Bonchev–Trinajstić information content (AvgIpc) is 2.97. The number of hydrazone groups is 1. The van der Waals surface area contributed by atoms with Gasteiger partial charge in [0.25, 0.3) is 0 Å². The maximum absolute atomic E-state index is 12.4. The number of amides is 1. The molecule has 118 valence electrons. The van der Waals surface area contributed by atoms with Crippen molar-refractivity contribution in [1.82, 2.24) is 5.43 Å². The van der Waals surface area contributed by atoms with Crippen LogP contribution in [0.1, 0.15) is 56.7 Å². The van der Waals surface area contributed by atoms with Gasteiger partial charge in [-0.2, -0.15) is 5.10 Å². The second-order valence-electron chi connectivity index (χ2n) is 7.80. The Morgan fingerprint density at radius 2 is 1.91 bits per heavy atom. The van der Waals surface area contributed by atoms with E-state index in [1.165, 1.54) is 38.5 Å². The molecule has 1 aromatic rings. The second kappa shape index (κ2) is 5.48. The van der Waals surface area contributed by atoms with E-state index in [2.05, 4.69) is 10.5 Å². The first kappa shape index (κ1) is 14.4. The molecule has 0 aliphatic heterocycles. The van der Waals surface area contributed by atoms with Gasteiger partial charge in [0.15, 0.2) is 0 Å². The van der Waals surface area contributed by atoms with Crippen LogP contribution in [-0.4, -0.2) is 11.6 Å². The molecule has 22 heavy (non-hydrogen) atoms. The van der Waals surface area contributed by atoms with Gasteiger partial charge >= 0.3 is 0 Å². The van der Waals surface area contributed by atoms with Crippen LogP contribution in [0.5, 0.6) is 0 Å². The van der Waals surface area contributed by atoms with Crippen LogP contribution < -0.4 is 5.43 Å². The van der Waals surface area contributed by atoms with E-state index in [4.69, 9.17) is 0 Å². The Hall–Kier alpha value is -1.16. The van der Waals surface area contributed by atoms with Gasteiger partial charge in [0.1, 0.15) is 0 Å². The molecule has 1 amide bonds. The lowest BCUT2D eigenvalue weighted by Crippen LogP contribution is -2.47. The standard InChI is InChI=1S/C18H24N2OS/c1-12(16-3-2-4-22-16)19-20-17(21)11-18-8-13-5-14(9-18)7-15(6-13)10-18/h2-4,13-15H,5-11H2,1H3,(H,20,21)/b19-12+. The second-order valence-corrected chi connectivity index (χ2v) is 8.75. The average molecular weight is 316 g/mol. The molecule has 4 heteroatoms. The zero-order chi connectivity index (χ0) is 15.2. The zero-order valence-electron chi connectivity index (χ0n) is 13.2. The molecule has 0 unspecified atom stereocenters. The summed E-state index contributed by atoms with van der Waals surface area (Å²) in [7, 11) is 0. The van der Waals surface area contributed by atoms with Crippen molar-refractivity contribution in [1.29, 1.82) is 0 Å². The highest BCUT2D eigenvalue weighted by Crippen LogP contribution is 2.61. The first-order chi connectivity index (χ1) is 10.6. The number of nitrogens with one attached hydrogen (secondary N) is 1. The maximum Gasteiger partial charge on any atom is 0.240 e. The predicted molar refractivity (Wildman–Crippen MR) is 89.9 cm³/mol. The van der Waals surface area contributed by atoms with E-state index in [9.17, 15) is 4.79 Å². The van der Waals surface area contributed by atoms with Crippen LogP contribution in [0.25, 0.3) is 0 Å². The molecule has 0 aromatic carbocycles. The lowest BCUT2D eigenvalue weighted by atomic mass is 9.49. The van der Waals surface area contributed by atoms with Crippen molar-refractivity contribution in [3.8, 4) is 0 Å². The SMILES string of the molecule is C/C(=N\NC(=O)CC12CC3CC(CC(C3)C1)C2)c1cccs1. The molecular formula is C18H24N2OS. The lowest BCUT2D eigenvalue weighted by Gasteiger charge is -2.56. The highest BCUT2D eigenvalue weighted by molar-refractivity contribution is 7.12. The van der Waals surface area contributed by atoms with Crippen LogP contribution >= 0.6 is 11.3 Å². The molecule has 4 bridgehead atoms. The molecule has 0 spiro atoms. The van der Waals surface area contributed by atoms with E-state index in [1.54, 1.807) is 11.3 Å². The molecule has 1 aromatic heterocycles. The van der Waals surface area contributed by atoms with Crippen LogP contribution in [0.2, 0.25) is 0 Å². The summed E-state index contributed by atoms with van der Waals surface area (Å²) in [5, 5.41) is 6.33. The molecule has 1 N–H and O–H groups in total. The van der Waals surface area contributed by atoms with Gasteiger partial charge in [0.05, 0.1) is 5.71 Å². The number of nitrogens with zero attached hydrogens (tertiary/aromatic N) is 1. The summed E-state index contributed by atoms with van der Waals surface area (Å²) in [5.74, 6) is 2.80. The van der Waals surface area contributed by atoms with Crippen molar-refractivity contribution < 1.29 is 4.79 Å². The largest absolute Gasteiger partial charge is 0.273 e.